The standard InChI is InChI=1S/C14H14ClN3O2/c1-20-14(19)10-3-2-8-18-11(10)12(15)17-13(18)9-4-6-16-7-5-9/h4-7,10H,2-3,8H2,1H3. The molecule has 0 spiro atoms. The largest absolute Gasteiger partial charge is 0.469 e. The van der Waals surface area contributed by atoms with Crippen LogP contribution in [0.1, 0.15) is 24.5 Å². The van der Waals surface area contributed by atoms with Crippen LogP contribution < -0.4 is 0 Å². The van der Waals surface area contributed by atoms with Crippen molar-refractivity contribution in [2.45, 2.75) is 25.3 Å². The summed E-state index contributed by atoms with van der Waals surface area (Å²) in [5.41, 5.74) is 1.70. The Bertz CT molecular complexity index is 639. The van der Waals surface area contributed by atoms with Crippen molar-refractivity contribution < 1.29 is 9.53 Å². The van der Waals surface area contributed by atoms with Gasteiger partial charge >= 0.3 is 5.97 Å². The molecule has 0 aromatic carbocycles. The molecule has 104 valence electrons. The van der Waals surface area contributed by atoms with E-state index in [1.807, 2.05) is 16.7 Å². The van der Waals surface area contributed by atoms with Crippen LogP contribution in [0.15, 0.2) is 24.5 Å². The highest BCUT2D eigenvalue weighted by molar-refractivity contribution is 6.30. The van der Waals surface area contributed by atoms with E-state index in [0.717, 1.165) is 36.5 Å². The number of ether oxygens (including phenoxy) is 1. The molecule has 20 heavy (non-hydrogen) atoms. The number of esters is 1. The van der Waals surface area contributed by atoms with Crippen LogP contribution in [0.5, 0.6) is 0 Å². The zero-order valence-electron chi connectivity index (χ0n) is 11.0. The molecule has 0 fully saturated rings. The lowest BCUT2D eigenvalue weighted by Crippen LogP contribution is -2.23. The second-order valence-corrected chi connectivity index (χ2v) is 5.07. The van der Waals surface area contributed by atoms with Crippen LogP contribution in [-0.2, 0) is 16.1 Å². The van der Waals surface area contributed by atoms with Gasteiger partial charge in [-0.15, -0.1) is 0 Å². The molecule has 0 aliphatic carbocycles. The topological polar surface area (TPSA) is 57.0 Å². The minimum absolute atomic E-state index is 0.256. The summed E-state index contributed by atoms with van der Waals surface area (Å²) in [6, 6.07) is 3.77. The zero-order valence-corrected chi connectivity index (χ0v) is 11.8. The van der Waals surface area contributed by atoms with Gasteiger partial charge in [0.15, 0.2) is 5.15 Å². The summed E-state index contributed by atoms with van der Waals surface area (Å²) in [6.07, 6.45) is 5.07. The van der Waals surface area contributed by atoms with Crippen molar-refractivity contribution in [2.75, 3.05) is 7.11 Å². The van der Waals surface area contributed by atoms with Gasteiger partial charge in [0.25, 0.3) is 0 Å². The van der Waals surface area contributed by atoms with Gasteiger partial charge in [-0.25, -0.2) is 4.98 Å². The summed E-state index contributed by atoms with van der Waals surface area (Å²) in [7, 11) is 1.40. The fourth-order valence-corrected chi connectivity index (χ4v) is 2.99. The molecule has 0 saturated heterocycles. The first-order valence-electron chi connectivity index (χ1n) is 6.46. The number of carbonyl (C=O) groups excluding carboxylic acids is 1. The van der Waals surface area contributed by atoms with E-state index in [0.29, 0.717) is 5.15 Å². The molecular formula is C14H14ClN3O2. The molecule has 0 bridgehead atoms. The number of imidazole rings is 1. The van der Waals surface area contributed by atoms with Crippen LogP contribution in [0.4, 0.5) is 0 Å². The van der Waals surface area contributed by atoms with Crippen molar-refractivity contribution in [2.24, 2.45) is 0 Å². The van der Waals surface area contributed by atoms with Gasteiger partial charge in [0.1, 0.15) is 11.7 Å². The van der Waals surface area contributed by atoms with Crippen molar-refractivity contribution in [3.05, 3.63) is 35.4 Å². The first-order chi connectivity index (χ1) is 9.72. The molecule has 0 amide bonds. The van der Waals surface area contributed by atoms with Crippen LogP contribution in [0.25, 0.3) is 11.4 Å². The van der Waals surface area contributed by atoms with Gasteiger partial charge < -0.3 is 9.30 Å². The molecule has 2 aromatic heterocycles. The molecule has 2 aromatic rings. The van der Waals surface area contributed by atoms with Gasteiger partial charge in [0, 0.05) is 24.5 Å². The second-order valence-electron chi connectivity index (χ2n) is 4.72. The molecule has 1 atom stereocenters. The third kappa shape index (κ3) is 2.08. The smallest absolute Gasteiger partial charge is 0.314 e. The molecule has 0 saturated carbocycles. The Hall–Kier alpha value is -1.88. The highest BCUT2D eigenvalue weighted by Crippen LogP contribution is 2.37. The van der Waals surface area contributed by atoms with Crippen LogP contribution >= 0.6 is 11.6 Å². The number of hydrogen-bond acceptors (Lipinski definition) is 4. The number of aromatic nitrogens is 3. The molecular weight excluding hydrogens is 278 g/mol. The fourth-order valence-electron chi connectivity index (χ4n) is 2.68. The number of carbonyl (C=O) groups is 1. The van der Waals surface area contributed by atoms with E-state index in [1.54, 1.807) is 12.4 Å². The Morgan fingerprint density at radius 3 is 2.90 bits per heavy atom. The van der Waals surface area contributed by atoms with Gasteiger partial charge in [-0.3, -0.25) is 9.78 Å². The minimum Gasteiger partial charge on any atom is -0.469 e. The van der Waals surface area contributed by atoms with E-state index >= 15 is 0 Å². The van der Waals surface area contributed by atoms with Gasteiger partial charge in [-0.2, -0.15) is 0 Å². The molecule has 0 radical (unpaired) electrons. The monoisotopic (exact) mass is 291 g/mol. The Kier molecular flexibility index (Phi) is 3.44. The van der Waals surface area contributed by atoms with Gasteiger partial charge in [0.2, 0.25) is 0 Å². The summed E-state index contributed by atoms with van der Waals surface area (Å²) in [4.78, 5) is 20.3. The number of methoxy groups -OCH3 is 1. The number of halogens is 1. The van der Waals surface area contributed by atoms with Crippen molar-refractivity contribution in [1.82, 2.24) is 14.5 Å². The first kappa shape index (κ1) is 13.1. The maximum Gasteiger partial charge on any atom is 0.314 e. The number of fused-ring (bicyclic) bond motifs is 1. The minimum atomic E-state index is -0.329. The van der Waals surface area contributed by atoms with E-state index in [1.165, 1.54) is 7.11 Å². The Morgan fingerprint density at radius 1 is 1.45 bits per heavy atom. The highest BCUT2D eigenvalue weighted by atomic mass is 35.5. The quantitative estimate of drug-likeness (QED) is 0.798. The zero-order chi connectivity index (χ0) is 14.1. The Balaban J connectivity index is 2.11. The number of rotatable bonds is 2. The fraction of sp³-hybridized carbons (Fsp3) is 0.357. The van der Waals surface area contributed by atoms with Gasteiger partial charge in [0.05, 0.1) is 12.8 Å². The molecule has 0 N–H and O–H groups in total. The average Bonchev–Trinajstić information content (AvgIpc) is 2.85. The van der Waals surface area contributed by atoms with Crippen molar-refractivity contribution in [3.63, 3.8) is 0 Å². The molecule has 1 unspecified atom stereocenters. The van der Waals surface area contributed by atoms with Crippen LogP contribution in [0.3, 0.4) is 0 Å². The van der Waals surface area contributed by atoms with Crippen LogP contribution in [-0.4, -0.2) is 27.6 Å². The number of hydrogen-bond donors (Lipinski definition) is 0. The molecule has 1 aliphatic heterocycles. The Morgan fingerprint density at radius 2 is 2.20 bits per heavy atom. The average molecular weight is 292 g/mol. The third-order valence-corrected chi connectivity index (χ3v) is 3.87. The summed E-state index contributed by atoms with van der Waals surface area (Å²) in [5, 5.41) is 0.381. The number of pyridine rings is 1. The van der Waals surface area contributed by atoms with Crippen molar-refractivity contribution in [3.8, 4) is 11.4 Å². The lowest BCUT2D eigenvalue weighted by molar-refractivity contribution is -0.143. The van der Waals surface area contributed by atoms with E-state index < -0.39 is 0 Å². The normalized spacial score (nSPS) is 17.6. The summed E-state index contributed by atoms with van der Waals surface area (Å²) < 4.78 is 6.88. The maximum atomic E-state index is 11.9. The van der Waals surface area contributed by atoms with Crippen LogP contribution in [0, 0.1) is 0 Å². The van der Waals surface area contributed by atoms with E-state index in [9.17, 15) is 4.79 Å². The van der Waals surface area contributed by atoms with E-state index in [-0.39, 0.29) is 11.9 Å². The number of nitrogens with zero attached hydrogens (tertiary/aromatic N) is 3. The summed E-state index contributed by atoms with van der Waals surface area (Å²) >= 11 is 6.25. The van der Waals surface area contributed by atoms with Crippen molar-refractivity contribution >= 4 is 17.6 Å². The molecule has 3 rings (SSSR count). The molecule has 3 heterocycles. The van der Waals surface area contributed by atoms with Crippen molar-refractivity contribution in [1.29, 1.82) is 0 Å². The van der Waals surface area contributed by atoms with Gasteiger partial charge in [-0.1, -0.05) is 11.6 Å². The maximum absolute atomic E-state index is 11.9. The predicted molar refractivity (Wildman–Crippen MR) is 74.5 cm³/mol. The first-order valence-corrected chi connectivity index (χ1v) is 6.84. The van der Waals surface area contributed by atoms with E-state index in [4.69, 9.17) is 16.3 Å². The molecule has 5 nitrogen and oxygen atoms in total. The van der Waals surface area contributed by atoms with E-state index in [2.05, 4.69) is 9.97 Å². The Labute approximate surface area is 121 Å². The lowest BCUT2D eigenvalue weighted by atomic mass is 9.96. The lowest BCUT2D eigenvalue weighted by Gasteiger charge is -2.23. The summed E-state index contributed by atoms with van der Waals surface area (Å²) in [6.45, 7) is 0.806. The summed E-state index contributed by atoms with van der Waals surface area (Å²) in [5.74, 6) is 0.194. The third-order valence-electron chi connectivity index (χ3n) is 3.59. The SMILES string of the molecule is COC(=O)C1CCCn2c(-c3ccncc3)nc(Cl)c21. The predicted octanol–water partition coefficient (Wildman–Crippen LogP) is 2.65. The highest BCUT2D eigenvalue weighted by Gasteiger charge is 2.33. The van der Waals surface area contributed by atoms with Gasteiger partial charge in [-0.05, 0) is 25.0 Å². The molecule has 1 aliphatic rings. The molecule has 6 heteroatoms. The second kappa shape index (κ2) is 5.25. The van der Waals surface area contributed by atoms with Crippen LogP contribution in [0.2, 0.25) is 5.15 Å².